The number of amides is 2. The normalized spacial score (nSPS) is 20.8. The van der Waals surface area contributed by atoms with E-state index in [9.17, 15) is 4.79 Å². The van der Waals surface area contributed by atoms with Crippen molar-refractivity contribution in [2.45, 2.75) is 57.6 Å². The minimum absolute atomic E-state index is 0.0102. The first kappa shape index (κ1) is 23.3. The molecule has 1 aromatic heterocycles. The van der Waals surface area contributed by atoms with Crippen molar-refractivity contribution in [2.24, 2.45) is 12.2 Å². The Labute approximate surface area is 196 Å². The highest BCUT2D eigenvalue weighted by molar-refractivity contribution is 6.74. The number of rotatable bonds is 6. The van der Waals surface area contributed by atoms with E-state index in [4.69, 9.17) is 9.36 Å². The second-order valence-corrected chi connectivity index (χ2v) is 14.8. The molecule has 2 bridgehead atoms. The second kappa shape index (κ2) is 8.49. The summed E-state index contributed by atoms with van der Waals surface area (Å²) in [7, 11) is 1.57. The summed E-state index contributed by atoms with van der Waals surface area (Å²) in [6.07, 6.45) is 1.82. The van der Waals surface area contributed by atoms with E-state index in [1.54, 1.807) is 11.9 Å². The quantitative estimate of drug-likeness (QED) is 0.299. The molecule has 2 atom stereocenters. The van der Waals surface area contributed by atoms with Gasteiger partial charge in [0.15, 0.2) is 5.84 Å². The number of hydroxylamine groups is 2. The van der Waals surface area contributed by atoms with Gasteiger partial charge in [-0.25, -0.2) is 4.79 Å². The number of nitrogens with one attached hydrogen (secondary N) is 1. The predicted octanol–water partition coefficient (Wildman–Crippen LogP) is 3.94. The Bertz CT molecular complexity index is 1050. The van der Waals surface area contributed by atoms with Gasteiger partial charge in [0.1, 0.15) is 18.7 Å². The average molecular weight is 471 g/mol. The monoisotopic (exact) mass is 470 g/mol. The van der Waals surface area contributed by atoms with Crippen LogP contribution >= 0.6 is 0 Å². The van der Waals surface area contributed by atoms with E-state index in [-0.39, 0.29) is 17.1 Å². The third kappa shape index (κ3) is 4.13. The number of likely N-dealkylation sites (N-methyl/N-ethyl adjacent to an activating group) is 1. The minimum Gasteiger partial charge on any atom is -0.453 e. The number of carbonyl (C=O) groups excluding carboxylic acids is 1. The maximum atomic E-state index is 13.5. The van der Waals surface area contributed by atoms with Gasteiger partial charge in [-0.05, 0) is 23.7 Å². The van der Waals surface area contributed by atoms with Gasteiger partial charge in [0.2, 0.25) is 0 Å². The number of nitrogens with zero attached hydrogens (tertiary/aromatic N) is 5. The molecule has 3 heterocycles. The lowest BCUT2D eigenvalue weighted by molar-refractivity contribution is -0.141. The summed E-state index contributed by atoms with van der Waals surface area (Å²) in [5.41, 5.74) is 2.88. The zero-order chi connectivity index (χ0) is 24.0. The van der Waals surface area contributed by atoms with Crippen molar-refractivity contribution in [3.05, 3.63) is 53.3 Å². The first-order valence-electron chi connectivity index (χ1n) is 11.3. The van der Waals surface area contributed by atoms with Crippen molar-refractivity contribution < 1.29 is 14.2 Å². The molecule has 2 aromatic rings. The molecule has 10 heteroatoms. The summed E-state index contributed by atoms with van der Waals surface area (Å²) < 4.78 is 7.97. The Morgan fingerprint density at radius 1 is 1.27 bits per heavy atom. The molecule has 1 saturated heterocycles. The fourth-order valence-electron chi connectivity index (χ4n) is 3.92. The Kier molecular flexibility index (Phi) is 6.00. The molecule has 0 saturated carbocycles. The van der Waals surface area contributed by atoms with Crippen molar-refractivity contribution in [3.8, 4) is 0 Å². The molecule has 2 aliphatic heterocycles. The predicted molar refractivity (Wildman–Crippen MR) is 129 cm³/mol. The van der Waals surface area contributed by atoms with Gasteiger partial charge >= 0.3 is 6.03 Å². The number of urea groups is 1. The van der Waals surface area contributed by atoms with Crippen molar-refractivity contribution in [2.75, 3.05) is 13.6 Å². The molecule has 0 radical (unpaired) electrons. The van der Waals surface area contributed by atoms with Crippen LogP contribution in [0.4, 0.5) is 4.79 Å². The molecule has 1 aromatic carbocycles. The zero-order valence-corrected chi connectivity index (χ0v) is 21.5. The van der Waals surface area contributed by atoms with E-state index < -0.39 is 14.4 Å². The van der Waals surface area contributed by atoms with Crippen LogP contribution < -0.4 is 5.32 Å². The number of aromatic nitrogens is 2. The molecule has 4 rings (SSSR count). The molecule has 2 amide bonds. The summed E-state index contributed by atoms with van der Waals surface area (Å²) in [5.74, 6) is 0.585. The Morgan fingerprint density at radius 2 is 1.97 bits per heavy atom. The fourth-order valence-corrected chi connectivity index (χ4v) is 4.52. The molecular formula is C23H34N6O3Si. The lowest BCUT2D eigenvalue weighted by Gasteiger charge is -2.35. The molecule has 0 unspecified atom stereocenters. The maximum absolute atomic E-state index is 13.5. The summed E-state index contributed by atoms with van der Waals surface area (Å²) in [6, 6.07) is 8.99. The van der Waals surface area contributed by atoms with Gasteiger partial charge in [-0.15, -0.1) is 0 Å². The third-order valence-corrected chi connectivity index (χ3v) is 11.1. The van der Waals surface area contributed by atoms with E-state index in [1.807, 2.05) is 48.3 Å². The van der Waals surface area contributed by atoms with Gasteiger partial charge < -0.3 is 14.7 Å². The van der Waals surface area contributed by atoms with Gasteiger partial charge in [-0.1, -0.05) is 56.3 Å². The van der Waals surface area contributed by atoms with Gasteiger partial charge in [0, 0.05) is 19.7 Å². The van der Waals surface area contributed by atoms with Crippen LogP contribution in [-0.4, -0.2) is 53.5 Å². The molecule has 0 spiro atoms. The van der Waals surface area contributed by atoms with Crippen LogP contribution in [0.15, 0.2) is 41.7 Å². The minimum atomic E-state index is -2.13. The van der Waals surface area contributed by atoms with E-state index in [0.717, 1.165) is 16.8 Å². The highest BCUT2D eigenvalue weighted by Gasteiger charge is 2.52. The summed E-state index contributed by atoms with van der Waals surface area (Å²) in [5, 5.41) is 13.7. The highest BCUT2D eigenvalue weighted by Crippen LogP contribution is 2.44. The summed E-state index contributed by atoms with van der Waals surface area (Å²) in [4.78, 5) is 21.3. The van der Waals surface area contributed by atoms with Crippen LogP contribution in [0.5, 0.6) is 0 Å². The Hall–Kier alpha value is -2.85. The maximum Gasteiger partial charge on any atom is 0.345 e. The van der Waals surface area contributed by atoms with Gasteiger partial charge in [0.25, 0.3) is 8.32 Å². The van der Waals surface area contributed by atoms with E-state index in [2.05, 4.69) is 49.4 Å². The van der Waals surface area contributed by atoms with E-state index in [1.165, 1.54) is 5.06 Å². The number of amidine groups is 1. The van der Waals surface area contributed by atoms with E-state index in [0.29, 0.717) is 19.0 Å². The fraction of sp³-hybridized carbons (Fsp3) is 0.522. The SMILES string of the molecule is CN/C(=N\O[Si](C)(C)C(C)(C)C)[C@H]1c2c(cnn2C)[C@@H]2CN1C(=O)N2OCc1ccccc1. The topological polar surface area (TPSA) is 84.2 Å². The van der Waals surface area contributed by atoms with Gasteiger partial charge in [-0.3, -0.25) is 9.52 Å². The number of aryl methyl sites for hydroxylation is 1. The summed E-state index contributed by atoms with van der Waals surface area (Å²) >= 11 is 0. The number of fused-ring (bicyclic) bond motifs is 4. The number of hydrogen-bond acceptors (Lipinski definition) is 5. The van der Waals surface area contributed by atoms with Crippen molar-refractivity contribution in [3.63, 3.8) is 0 Å². The van der Waals surface area contributed by atoms with Crippen LogP contribution in [0, 0.1) is 0 Å². The Balaban J connectivity index is 1.65. The second-order valence-electron chi connectivity index (χ2n) is 10.1. The first-order valence-corrected chi connectivity index (χ1v) is 14.2. The molecule has 9 nitrogen and oxygen atoms in total. The average Bonchev–Trinajstić information content (AvgIpc) is 3.28. The molecule has 0 aliphatic carbocycles. The number of carbonyl (C=O) groups is 1. The molecule has 2 aliphatic rings. The first-order chi connectivity index (χ1) is 15.5. The third-order valence-electron chi connectivity index (χ3n) is 6.94. The Morgan fingerprint density at radius 3 is 2.61 bits per heavy atom. The molecular weight excluding hydrogens is 436 g/mol. The van der Waals surface area contributed by atoms with Crippen molar-refractivity contribution >= 4 is 20.2 Å². The van der Waals surface area contributed by atoms with Crippen LogP contribution in [0.3, 0.4) is 0 Å². The van der Waals surface area contributed by atoms with Crippen molar-refractivity contribution in [1.82, 2.24) is 25.1 Å². The zero-order valence-electron chi connectivity index (χ0n) is 20.5. The largest absolute Gasteiger partial charge is 0.453 e. The molecule has 33 heavy (non-hydrogen) atoms. The van der Waals surface area contributed by atoms with E-state index >= 15 is 0 Å². The lowest BCUT2D eigenvalue weighted by atomic mass is 9.97. The summed E-state index contributed by atoms with van der Waals surface area (Å²) in [6.45, 7) is 11.6. The standard InChI is InChI=1S/C23H34N6O3Si/c1-23(2,3)33(6,7)32-26-21(24-4)20-19-17(13-25-27(19)5)18-14-28(20)22(30)29(18)31-15-16-11-9-8-10-12-16/h8-13,18,20H,14-15H2,1-7H3,(H,24,26)/t18-,20+/m0/s1. The highest BCUT2D eigenvalue weighted by atomic mass is 28.4. The molecule has 1 fully saturated rings. The smallest absolute Gasteiger partial charge is 0.345 e. The van der Waals surface area contributed by atoms with Gasteiger partial charge in [0.05, 0.1) is 18.4 Å². The van der Waals surface area contributed by atoms with Crippen LogP contribution in [0.25, 0.3) is 0 Å². The number of oxime groups is 1. The molecule has 178 valence electrons. The van der Waals surface area contributed by atoms with Crippen LogP contribution in [0.2, 0.25) is 18.1 Å². The lowest BCUT2D eigenvalue weighted by Crippen LogP contribution is -2.45. The van der Waals surface area contributed by atoms with Crippen LogP contribution in [0.1, 0.15) is 49.7 Å². The number of benzene rings is 1. The number of hydrogen-bond donors (Lipinski definition) is 1. The van der Waals surface area contributed by atoms with Crippen molar-refractivity contribution in [1.29, 1.82) is 0 Å². The molecule has 1 N–H and O–H groups in total. The van der Waals surface area contributed by atoms with Gasteiger partial charge in [-0.2, -0.15) is 10.2 Å². The van der Waals surface area contributed by atoms with Crippen LogP contribution in [-0.2, 0) is 23.0 Å².